The summed E-state index contributed by atoms with van der Waals surface area (Å²) in [6.07, 6.45) is 4.94. The van der Waals surface area contributed by atoms with Crippen LogP contribution in [0, 0.1) is 19.8 Å². The first-order chi connectivity index (χ1) is 9.56. The molecule has 1 aromatic rings. The molecule has 1 amide bonds. The minimum Gasteiger partial charge on any atom is -0.352 e. The molecule has 2 nitrogen and oxygen atoms in total. The Hall–Kier alpha value is -0.960. The molecule has 1 aromatic carbocycles. The number of aryl methyl sites for hydroxylation is 2. The van der Waals surface area contributed by atoms with Crippen LogP contribution in [0.1, 0.15) is 43.7 Å². The molecule has 110 valence electrons. The minimum absolute atomic E-state index is 0.176. The molecule has 20 heavy (non-hydrogen) atoms. The second kappa shape index (κ2) is 7.16. The monoisotopic (exact) mass is 291 g/mol. The van der Waals surface area contributed by atoms with Crippen molar-refractivity contribution in [2.75, 3.05) is 5.75 Å². The highest BCUT2D eigenvalue weighted by atomic mass is 32.2. The highest BCUT2D eigenvalue weighted by Gasteiger charge is 2.22. The van der Waals surface area contributed by atoms with Gasteiger partial charge in [0, 0.05) is 10.9 Å². The predicted octanol–water partition coefficient (Wildman–Crippen LogP) is 4.09. The van der Waals surface area contributed by atoms with Crippen LogP contribution in [0.4, 0.5) is 0 Å². The molecule has 0 aliphatic heterocycles. The summed E-state index contributed by atoms with van der Waals surface area (Å²) in [4.78, 5) is 13.3. The number of hydrogen-bond donors (Lipinski definition) is 1. The molecule has 3 heteroatoms. The summed E-state index contributed by atoms with van der Waals surface area (Å²) in [7, 11) is 0. The molecular formula is C17H25NOS. The van der Waals surface area contributed by atoms with Crippen LogP contribution in [0.3, 0.4) is 0 Å². The maximum absolute atomic E-state index is 12.1. The van der Waals surface area contributed by atoms with Crippen LogP contribution in [0.25, 0.3) is 0 Å². The molecule has 1 fully saturated rings. The summed E-state index contributed by atoms with van der Waals surface area (Å²) in [5.74, 6) is 1.32. The van der Waals surface area contributed by atoms with E-state index in [0.29, 0.717) is 17.7 Å². The smallest absolute Gasteiger partial charge is 0.230 e. The van der Waals surface area contributed by atoms with E-state index in [-0.39, 0.29) is 5.91 Å². The van der Waals surface area contributed by atoms with Gasteiger partial charge in [-0.3, -0.25) is 4.79 Å². The van der Waals surface area contributed by atoms with Crippen LogP contribution < -0.4 is 5.32 Å². The van der Waals surface area contributed by atoms with E-state index in [0.717, 1.165) is 6.42 Å². The summed E-state index contributed by atoms with van der Waals surface area (Å²) in [5, 5.41) is 3.21. The van der Waals surface area contributed by atoms with Gasteiger partial charge in [-0.15, -0.1) is 11.8 Å². The van der Waals surface area contributed by atoms with Gasteiger partial charge in [0.25, 0.3) is 0 Å². The third-order valence-electron chi connectivity index (χ3n) is 4.16. The number of benzene rings is 1. The Morgan fingerprint density at radius 3 is 2.80 bits per heavy atom. The van der Waals surface area contributed by atoms with Gasteiger partial charge in [-0.2, -0.15) is 0 Å². The van der Waals surface area contributed by atoms with E-state index in [1.165, 1.54) is 35.3 Å². The average molecular weight is 291 g/mol. The largest absolute Gasteiger partial charge is 0.352 e. The normalized spacial score (nSPS) is 22.6. The lowest BCUT2D eigenvalue weighted by Gasteiger charge is -2.29. The zero-order chi connectivity index (χ0) is 14.5. The van der Waals surface area contributed by atoms with Crippen LogP contribution >= 0.6 is 11.8 Å². The molecule has 0 aromatic heterocycles. The summed E-state index contributed by atoms with van der Waals surface area (Å²) in [5.41, 5.74) is 2.50. The Labute approximate surface area is 126 Å². The van der Waals surface area contributed by atoms with Gasteiger partial charge in [0.2, 0.25) is 5.91 Å². The average Bonchev–Trinajstić information content (AvgIpc) is 2.42. The molecule has 0 heterocycles. The predicted molar refractivity (Wildman–Crippen MR) is 86.2 cm³/mol. The Kier molecular flexibility index (Phi) is 5.53. The summed E-state index contributed by atoms with van der Waals surface area (Å²) in [6, 6.07) is 6.79. The zero-order valence-electron chi connectivity index (χ0n) is 12.7. The molecular weight excluding hydrogens is 266 g/mol. The molecule has 1 saturated carbocycles. The third-order valence-corrected chi connectivity index (χ3v) is 5.32. The van der Waals surface area contributed by atoms with Gasteiger partial charge < -0.3 is 5.32 Å². The van der Waals surface area contributed by atoms with Gasteiger partial charge in [0.15, 0.2) is 0 Å². The Bertz CT molecular complexity index is 472. The van der Waals surface area contributed by atoms with Crippen molar-refractivity contribution in [2.45, 2.75) is 57.4 Å². The minimum atomic E-state index is 0.176. The summed E-state index contributed by atoms with van der Waals surface area (Å²) >= 11 is 1.65. The van der Waals surface area contributed by atoms with Gasteiger partial charge in [-0.1, -0.05) is 37.5 Å². The van der Waals surface area contributed by atoms with Crippen LogP contribution in [0.2, 0.25) is 0 Å². The lowest BCUT2D eigenvalue weighted by Crippen LogP contribution is -2.41. The molecule has 0 radical (unpaired) electrons. The van der Waals surface area contributed by atoms with Crippen LogP contribution in [-0.4, -0.2) is 17.7 Å². The van der Waals surface area contributed by atoms with Crippen molar-refractivity contribution in [3.63, 3.8) is 0 Å². The first kappa shape index (κ1) is 15.4. The topological polar surface area (TPSA) is 29.1 Å². The van der Waals surface area contributed by atoms with Gasteiger partial charge in [-0.05, 0) is 44.2 Å². The maximum atomic E-state index is 12.1. The number of carbonyl (C=O) groups excluding carboxylic acids is 1. The Morgan fingerprint density at radius 1 is 1.30 bits per heavy atom. The standard InChI is InChI=1S/C17H25NOS/c1-12-8-9-14(3)16(10-12)20-11-17(19)18-15-7-5-4-6-13(15)2/h8-10,13,15H,4-7,11H2,1-3H3,(H,18,19)/t13-,15+/m0/s1. The number of amides is 1. The van der Waals surface area contributed by atoms with E-state index in [2.05, 4.69) is 44.3 Å². The second-order valence-corrected chi connectivity index (χ2v) is 7.01. The van der Waals surface area contributed by atoms with Crippen molar-refractivity contribution in [2.24, 2.45) is 5.92 Å². The Balaban J connectivity index is 1.84. The summed E-state index contributed by atoms with van der Waals surface area (Å²) < 4.78 is 0. The fraction of sp³-hybridized carbons (Fsp3) is 0.588. The molecule has 1 aliphatic carbocycles. The van der Waals surface area contributed by atoms with E-state index in [1.54, 1.807) is 11.8 Å². The van der Waals surface area contributed by atoms with Crippen LogP contribution in [0.5, 0.6) is 0 Å². The van der Waals surface area contributed by atoms with Crippen molar-refractivity contribution in [3.05, 3.63) is 29.3 Å². The number of rotatable bonds is 4. The van der Waals surface area contributed by atoms with E-state index in [9.17, 15) is 4.79 Å². The molecule has 2 rings (SSSR count). The van der Waals surface area contributed by atoms with Crippen LogP contribution in [0.15, 0.2) is 23.1 Å². The summed E-state index contributed by atoms with van der Waals surface area (Å²) in [6.45, 7) is 6.44. The Morgan fingerprint density at radius 2 is 2.05 bits per heavy atom. The van der Waals surface area contributed by atoms with Gasteiger partial charge in [-0.25, -0.2) is 0 Å². The van der Waals surface area contributed by atoms with Gasteiger partial charge in [0.1, 0.15) is 0 Å². The van der Waals surface area contributed by atoms with Crippen LogP contribution in [-0.2, 0) is 4.79 Å². The number of carbonyl (C=O) groups is 1. The lowest BCUT2D eigenvalue weighted by molar-refractivity contribution is -0.119. The first-order valence-corrected chi connectivity index (χ1v) is 8.54. The van der Waals surface area contributed by atoms with Crippen molar-refractivity contribution in [3.8, 4) is 0 Å². The van der Waals surface area contributed by atoms with E-state index in [1.807, 2.05) is 0 Å². The SMILES string of the molecule is Cc1ccc(C)c(SCC(=O)N[C@@H]2CCCC[C@@H]2C)c1. The molecule has 2 atom stereocenters. The van der Waals surface area contributed by atoms with E-state index in [4.69, 9.17) is 0 Å². The highest BCUT2D eigenvalue weighted by Crippen LogP contribution is 2.25. The van der Waals surface area contributed by atoms with E-state index >= 15 is 0 Å². The number of nitrogens with one attached hydrogen (secondary N) is 1. The van der Waals surface area contributed by atoms with Crippen molar-refractivity contribution >= 4 is 17.7 Å². The number of hydrogen-bond acceptors (Lipinski definition) is 2. The molecule has 1 N–H and O–H groups in total. The quantitative estimate of drug-likeness (QED) is 0.847. The molecule has 0 bridgehead atoms. The molecule has 0 spiro atoms. The fourth-order valence-corrected chi connectivity index (χ4v) is 3.72. The first-order valence-electron chi connectivity index (χ1n) is 7.55. The van der Waals surface area contributed by atoms with Crippen molar-refractivity contribution in [1.29, 1.82) is 0 Å². The number of thioether (sulfide) groups is 1. The molecule has 1 aliphatic rings. The second-order valence-electron chi connectivity index (χ2n) is 5.99. The fourth-order valence-electron chi connectivity index (χ4n) is 2.79. The van der Waals surface area contributed by atoms with E-state index < -0.39 is 0 Å². The van der Waals surface area contributed by atoms with Crippen molar-refractivity contribution in [1.82, 2.24) is 5.32 Å². The molecule has 0 saturated heterocycles. The zero-order valence-corrected chi connectivity index (χ0v) is 13.6. The highest BCUT2D eigenvalue weighted by molar-refractivity contribution is 8.00. The lowest BCUT2D eigenvalue weighted by atomic mass is 9.86. The van der Waals surface area contributed by atoms with Gasteiger partial charge in [0.05, 0.1) is 5.75 Å². The van der Waals surface area contributed by atoms with Crippen molar-refractivity contribution < 1.29 is 4.79 Å². The maximum Gasteiger partial charge on any atom is 0.230 e. The molecule has 0 unspecified atom stereocenters. The van der Waals surface area contributed by atoms with Gasteiger partial charge >= 0.3 is 0 Å². The third kappa shape index (κ3) is 4.27.